The summed E-state index contributed by atoms with van der Waals surface area (Å²) in [6.07, 6.45) is 0.595. The lowest BCUT2D eigenvalue weighted by molar-refractivity contribution is 0.0509. The van der Waals surface area contributed by atoms with E-state index in [1.54, 1.807) is 0 Å². The molecule has 2 rings (SSSR count). The van der Waals surface area contributed by atoms with E-state index >= 15 is 0 Å². The zero-order valence-electron chi connectivity index (χ0n) is 12.1. The first-order chi connectivity index (χ1) is 9.35. The lowest BCUT2D eigenvalue weighted by Crippen LogP contribution is -2.40. The molecule has 1 atom stereocenters. The number of ether oxygens (including phenoxy) is 1. The normalized spacial score (nSPS) is 19.0. The van der Waals surface area contributed by atoms with Gasteiger partial charge in [0, 0.05) is 17.6 Å². The van der Waals surface area contributed by atoms with Crippen LogP contribution >= 0.6 is 15.9 Å². The highest BCUT2D eigenvalue weighted by molar-refractivity contribution is 9.10. The summed E-state index contributed by atoms with van der Waals surface area (Å²) in [6.45, 7) is 7.35. The van der Waals surface area contributed by atoms with Gasteiger partial charge in [-0.1, -0.05) is 12.1 Å². The molecular formula is C15H21BrN2O2. The number of carbonyl (C=O) groups excluding carboxylic acids is 1. The summed E-state index contributed by atoms with van der Waals surface area (Å²) < 4.78 is 6.37. The van der Waals surface area contributed by atoms with Gasteiger partial charge in [0.05, 0.1) is 11.7 Å². The van der Waals surface area contributed by atoms with Gasteiger partial charge in [-0.05, 0) is 55.3 Å². The number of hydrogen-bond donors (Lipinski definition) is 1. The Morgan fingerprint density at radius 1 is 1.40 bits per heavy atom. The quantitative estimate of drug-likeness (QED) is 0.894. The van der Waals surface area contributed by atoms with Crippen LogP contribution in [0.15, 0.2) is 28.7 Å². The van der Waals surface area contributed by atoms with Gasteiger partial charge in [-0.2, -0.15) is 0 Å². The Balaban J connectivity index is 1.90. The maximum absolute atomic E-state index is 11.8. The van der Waals surface area contributed by atoms with Crippen molar-refractivity contribution >= 4 is 27.7 Å². The van der Waals surface area contributed by atoms with Crippen molar-refractivity contribution in [1.29, 1.82) is 0 Å². The summed E-state index contributed by atoms with van der Waals surface area (Å²) in [7, 11) is 0. The molecule has 1 aromatic rings. The first kappa shape index (κ1) is 15.2. The highest BCUT2D eigenvalue weighted by Gasteiger charge is 2.26. The average molecular weight is 341 g/mol. The van der Waals surface area contributed by atoms with Crippen molar-refractivity contribution in [2.45, 2.75) is 38.8 Å². The van der Waals surface area contributed by atoms with Crippen LogP contribution in [0, 0.1) is 0 Å². The number of carbonyl (C=O) groups is 1. The molecule has 0 bridgehead atoms. The van der Waals surface area contributed by atoms with Crippen LogP contribution in [-0.2, 0) is 4.74 Å². The van der Waals surface area contributed by atoms with Crippen LogP contribution in [0.5, 0.6) is 0 Å². The largest absolute Gasteiger partial charge is 0.444 e. The second-order valence-corrected chi connectivity index (χ2v) is 6.88. The van der Waals surface area contributed by atoms with E-state index in [1.807, 2.05) is 39.0 Å². The van der Waals surface area contributed by atoms with Gasteiger partial charge < -0.3 is 15.0 Å². The van der Waals surface area contributed by atoms with Crippen LogP contribution < -0.4 is 10.2 Å². The molecule has 5 heteroatoms. The number of nitrogens with zero attached hydrogens (tertiary/aromatic N) is 1. The summed E-state index contributed by atoms with van der Waals surface area (Å²) >= 11 is 3.56. The fourth-order valence-corrected chi connectivity index (χ4v) is 2.81. The van der Waals surface area contributed by atoms with E-state index < -0.39 is 5.60 Å². The third-order valence-corrected chi connectivity index (χ3v) is 3.77. The molecule has 1 aliphatic rings. The molecule has 0 saturated carbocycles. The van der Waals surface area contributed by atoms with Crippen molar-refractivity contribution in [2.75, 3.05) is 18.0 Å². The lowest BCUT2D eigenvalue weighted by atomic mass is 10.2. The van der Waals surface area contributed by atoms with Crippen LogP contribution in [0.3, 0.4) is 0 Å². The number of nitrogens with one attached hydrogen (secondary N) is 1. The molecule has 4 nitrogen and oxygen atoms in total. The minimum Gasteiger partial charge on any atom is -0.444 e. The van der Waals surface area contributed by atoms with Gasteiger partial charge in [0.25, 0.3) is 0 Å². The monoisotopic (exact) mass is 340 g/mol. The fourth-order valence-electron chi connectivity index (χ4n) is 2.28. The van der Waals surface area contributed by atoms with E-state index in [0.29, 0.717) is 0 Å². The van der Waals surface area contributed by atoms with Crippen LogP contribution in [0.4, 0.5) is 10.5 Å². The molecule has 1 N–H and O–H groups in total. The fraction of sp³-hybridized carbons (Fsp3) is 0.533. The molecule has 1 saturated heterocycles. The van der Waals surface area contributed by atoms with Gasteiger partial charge >= 0.3 is 6.09 Å². The lowest BCUT2D eigenvalue weighted by Gasteiger charge is -2.23. The molecule has 1 aliphatic heterocycles. The Kier molecular flexibility index (Phi) is 4.58. The van der Waals surface area contributed by atoms with Crippen molar-refractivity contribution in [3.63, 3.8) is 0 Å². The Morgan fingerprint density at radius 3 is 2.75 bits per heavy atom. The highest BCUT2D eigenvalue weighted by Crippen LogP contribution is 2.28. The number of alkyl carbamates (subject to hydrolysis) is 1. The third kappa shape index (κ3) is 4.13. The number of hydrogen-bond acceptors (Lipinski definition) is 3. The SMILES string of the molecule is CC(C)(C)OC(=O)NC1CCN(c2ccccc2Br)C1. The van der Waals surface area contributed by atoms with Crippen molar-refractivity contribution in [1.82, 2.24) is 5.32 Å². The van der Waals surface area contributed by atoms with Crippen molar-refractivity contribution in [3.8, 4) is 0 Å². The van der Waals surface area contributed by atoms with Crippen LogP contribution in [0.1, 0.15) is 27.2 Å². The van der Waals surface area contributed by atoms with E-state index in [0.717, 1.165) is 24.0 Å². The number of amides is 1. The minimum atomic E-state index is -0.454. The molecule has 110 valence electrons. The summed E-state index contributed by atoms with van der Waals surface area (Å²) in [4.78, 5) is 14.0. The van der Waals surface area contributed by atoms with E-state index in [-0.39, 0.29) is 12.1 Å². The maximum Gasteiger partial charge on any atom is 0.407 e. The smallest absolute Gasteiger partial charge is 0.407 e. The van der Waals surface area contributed by atoms with E-state index in [2.05, 4.69) is 32.2 Å². The topological polar surface area (TPSA) is 41.6 Å². The first-order valence-electron chi connectivity index (χ1n) is 6.84. The number of para-hydroxylation sites is 1. The zero-order valence-corrected chi connectivity index (χ0v) is 13.7. The van der Waals surface area contributed by atoms with Gasteiger partial charge in [-0.25, -0.2) is 4.79 Å². The van der Waals surface area contributed by atoms with E-state index in [9.17, 15) is 4.79 Å². The van der Waals surface area contributed by atoms with Crippen molar-refractivity contribution in [2.24, 2.45) is 0 Å². The van der Waals surface area contributed by atoms with Gasteiger partial charge in [0.2, 0.25) is 0 Å². The van der Waals surface area contributed by atoms with Crippen LogP contribution in [0.25, 0.3) is 0 Å². The molecule has 1 unspecified atom stereocenters. The Labute approximate surface area is 128 Å². The number of halogens is 1. The standard InChI is InChI=1S/C15H21BrN2O2/c1-15(2,3)20-14(19)17-11-8-9-18(10-11)13-7-5-4-6-12(13)16/h4-7,11H,8-10H2,1-3H3,(H,17,19). The Morgan fingerprint density at radius 2 is 2.10 bits per heavy atom. The average Bonchev–Trinajstić information content (AvgIpc) is 2.75. The molecule has 1 amide bonds. The molecule has 1 heterocycles. The molecule has 0 aliphatic carbocycles. The van der Waals surface area contributed by atoms with Gasteiger partial charge in [0.15, 0.2) is 0 Å². The minimum absolute atomic E-state index is 0.136. The predicted octanol–water partition coefficient (Wildman–Crippen LogP) is 3.55. The molecule has 1 fully saturated rings. The maximum atomic E-state index is 11.8. The molecule has 20 heavy (non-hydrogen) atoms. The second-order valence-electron chi connectivity index (χ2n) is 6.03. The van der Waals surface area contributed by atoms with Crippen LogP contribution in [0.2, 0.25) is 0 Å². The molecule has 0 radical (unpaired) electrons. The van der Waals surface area contributed by atoms with Gasteiger partial charge in [-0.15, -0.1) is 0 Å². The van der Waals surface area contributed by atoms with Crippen molar-refractivity contribution < 1.29 is 9.53 Å². The second kappa shape index (κ2) is 6.04. The van der Waals surface area contributed by atoms with Crippen molar-refractivity contribution in [3.05, 3.63) is 28.7 Å². The Hall–Kier alpha value is -1.23. The van der Waals surface area contributed by atoms with E-state index in [4.69, 9.17) is 4.74 Å². The first-order valence-corrected chi connectivity index (χ1v) is 7.63. The number of benzene rings is 1. The summed E-state index contributed by atoms with van der Waals surface area (Å²) in [5, 5.41) is 2.94. The number of rotatable bonds is 2. The molecule has 1 aromatic carbocycles. The Bertz CT molecular complexity index is 485. The summed E-state index contributed by atoms with van der Waals surface area (Å²) in [5.74, 6) is 0. The molecule has 0 spiro atoms. The summed E-state index contributed by atoms with van der Waals surface area (Å²) in [5.41, 5.74) is 0.714. The third-order valence-electron chi connectivity index (χ3n) is 3.10. The zero-order chi connectivity index (χ0) is 14.8. The van der Waals surface area contributed by atoms with Gasteiger partial charge in [0.1, 0.15) is 5.60 Å². The molecule has 0 aromatic heterocycles. The molecular weight excluding hydrogens is 320 g/mol. The predicted molar refractivity (Wildman–Crippen MR) is 84.1 cm³/mol. The van der Waals surface area contributed by atoms with Crippen LogP contribution in [-0.4, -0.2) is 30.8 Å². The van der Waals surface area contributed by atoms with Gasteiger partial charge in [-0.3, -0.25) is 0 Å². The van der Waals surface area contributed by atoms with E-state index in [1.165, 1.54) is 5.69 Å². The summed E-state index contributed by atoms with van der Waals surface area (Å²) in [6, 6.07) is 8.27. The highest BCUT2D eigenvalue weighted by atomic mass is 79.9. The number of anilines is 1.